The molecular weight excluding hydrogens is 306 g/mol. The van der Waals surface area contributed by atoms with Crippen LogP contribution in [0.25, 0.3) is 0 Å². The van der Waals surface area contributed by atoms with E-state index in [1.807, 2.05) is 48.5 Å². The van der Waals surface area contributed by atoms with E-state index in [1.165, 1.54) is 0 Å². The minimum Gasteiger partial charge on any atom is -0.263 e. The van der Waals surface area contributed by atoms with Crippen molar-refractivity contribution in [3.05, 3.63) is 77.9 Å². The van der Waals surface area contributed by atoms with E-state index >= 15 is 0 Å². The van der Waals surface area contributed by atoms with Crippen molar-refractivity contribution in [2.75, 3.05) is 4.31 Å². The Morgan fingerprint density at radius 2 is 1.74 bits per heavy atom. The normalized spacial score (nSPS) is 22.7. The molecule has 4 heteroatoms. The molecule has 23 heavy (non-hydrogen) atoms. The number of nitrogens with zero attached hydrogens (tertiary/aromatic N) is 1. The van der Waals surface area contributed by atoms with Crippen molar-refractivity contribution in [3.8, 4) is 0 Å². The maximum atomic E-state index is 13.2. The van der Waals surface area contributed by atoms with Gasteiger partial charge in [0.25, 0.3) is 0 Å². The highest BCUT2D eigenvalue weighted by Gasteiger charge is 2.40. The quantitative estimate of drug-likeness (QED) is 0.810. The monoisotopic (exact) mass is 325 g/mol. The number of sulfonamides is 1. The van der Waals surface area contributed by atoms with Gasteiger partial charge < -0.3 is 0 Å². The number of para-hydroxylation sites is 1. The lowest BCUT2D eigenvalue weighted by Gasteiger charge is -2.39. The average molecular weight is 325 g/mol. The van der Waals surface area contributed by atoms with E-state index in [4.69, 9.17) is 0 Å². The Bertz CT molecular complexity index is 843. The second-order valence-corrected chi connectivity index (χ2v) is 8.13. The second-order valence-electron chi connectivity index (χ2n) is 6.29. The zero-order chi connectivity index (χ0) is 15.9. The van der Waals surface area contributed by atoms with E-state index in [2.05, 4.69) is 18.2 Å². The van der Waals surface area contributed by atoms with Crippen LogP contribution in [0.1, 0.15) is 17.5 Å². The Morgan fingerprint density at radius 1 is 1.00 bits per heavy atom. The van der Waals surface area contributed by atoms with Crippen LogP contribution in [-0.4, -0.2) is 14.5 Å². The molecule has 4 rings (SSSR count). The van der Waals surface area contributed by atoms with Gasteiger partial charge in [0.2, 0.25) is 10.0 Å². The molecule has 0 fully saturated rings. The molecule has 0 saturated carbocycles. The molecular formula is C19H19NO2S. The SMILES string of the molecule is O=S(=O)(Cc1ccccc1)N1c2ccccc2CC2CC=CC21. The van der Waals surface area contributed by atoms with E-state index in [0.29, 0.717) is 5.92 Å². The van der Waals surface area contributed by atoms with Gasteiger partial charge in [-0.15, -0.1) is 0 Å². The highest BCUT2D eigenvalue weighted by atomic mass is 32.2. The van der Waals surface area contributed by atoms with Gasteiger partial charge in [-0.25, -0.2) is 8.42 Å². The van der Waals surface area contributed by atoms with Crippen molar-refractivity contribution in [1.29, 1.82) is 0 Å². The van der Waals surface area contributed by atoms with E-state index in [9.17, 15) is 8.42 Å². The third kappa shape index (κ3) is 2.57. The lowest BCUT2D eigenvalue weighted by atomic mass is 9.89. The van der Waals surface area contributed by atoms with Crippen molar-refractivity contribution in [2.24, 2.45) is 5.92 Å². The first-order valence-electron chi connectivity index (χ1n) is 7.96. The Labute approximate surface area is 137 Å². The Balaban J connectivity index is 1.77. The summed E-state index contributed by atoms with van der Waals surface area (Å²) in [5, 5.41) is 0. The van der Waals surface area contributed by atoms with Gasteiger partial charge in [0.1, 0.15) is 0 Å². The molecule has 0 spiro atoms. The summed E-state index contributed by atoms with van der Waals surface area (Å²) in [6.45, 7) is 0. The van der Waals surface area contributed by atoms with E-state index in [1.54, 1.807) is 4.31 Å². The predicted octanol–water partition coefficient (Wildman–Crippen LogP) is 3.52. The summed E-state index contributed by atoms with van der Waals surface area (Å²) in [6, 6.07) is 17.3. The molecule has 118 valence electrons. The van der Waals surface area contributed by atoms with Crippen LogP contribution in [0.3, 0.4) is 0 Å². The molecule has 0 radical (unpaired) electrons. The molecule has 0 amide bonds. The van der Waals surface area contributed by atoms with Crippen molar-refractivity contribution in [1.82, 2.24) is 0 Å². The molecule has 1 heterocycles. The van der Waals surface area contributed by atoms with Crippen LogP contribution in [0, 0.1) is 5.92 Å². The minimum atomic E-state index is -3.42. The predicted molar refractivity (Wildman–Crippen MR) is 92.7 cm³/mol. The third-order valence-corrected chi connectivity index (χ3v) is 6.47. The van der Waals surface area contributed by atoms with Crippen molar-refractivity contribution < 1.29 is 8.42 Å². The third-order valence-electron chi connectivity index (χ3n) is 4.73. The lowest BCUT2D eigenvalue weighted by molar-refractivity contribution is 0.476. The first-order valence-corrected chi connectivity index (χ1v) is 9.57. The number of benzene rings is 2. The maximum Gasteiger partial charge on any atom is 0.239 e. The molecule has 0 bridgehead atoms. The fourth-order valence-electron chi connectivity index (χ4n) is 3.69. The first kappa shape index (κ1) is 14.5. The van der Waals surface area contributed by atoms with E-state index in [-0.39, 0.29) is 11.8 Å². The topological polar surface area (TPSA) is 37.4 Å². The fraction of sp³-hybridized carbons (Fsp3) is 0.263. The Morgan fingerprint density at radius 3 is 2.57 bits per heavy atom. The van der Waals surface area contributed by atoms with Gasteiger partial charge in [-0.1, -0.05) is 60.7 Å². The molecule has 0 aromatic heterocycles. The zero-order valence-electron chi connectivity index (χ0n) is 12.8. The van der Waals surface area contributed by atoms with Crippen LogP contribution in [0.15, 0.2) is 66.7 Å². The molecule has 2 unspecified atom stereocenters. The number of hydrogen-bond acceptors (Lipinski definition) is 2. The zero-order valence-corrected chi connectivity index (χ0v) is 13.6. The number of anilines is 1. The molecule has 2 aliphatic rings. The van der Waals surface area contributed by atoms with Crippen LogP contribution in [0.2, 0.25) is 0 Å². The first-order chi connectivity index (χ1) is 11.1. The van der Waals surface area contributed by atoms with E-state index in [0.717, 1.165) is 29.7 Å². The van der Waals surface area contributed by atoms with Crippen LogP contribution in [-0.2, 0) is 22.2 Å². The summed E-state index contributed by atoms with van der Waals surface area (Å²) in [5.74, 6) is 0.398. The van der Waals surface area contributed by atoms with Gasteiger partial charge in [-0.3, -0.25) is 4.31 Å². The van der Waals surface area contributed by atoms with Gasteiger partial charge in [0.05, 0.1) is 17.5 Å². The van der Waals surface area contributed by atoms with Gasteiger partial charge >= 0.3 is 0 Å². The van der Waals surface area contributed by atoms with E-state index < -0.39 is 10.0 Å². The molecule has 2 atom stereocenters. The summed E-state index contributed by atoms with van der Waals surface area (Å²) in [5.41, 5.74) is 2.80. The van der Waals surface area contributed by atoms with Crippen molar-refractivity contribution in [2.45, 2.75) is 24.6 Å². The smallest absolute Gasteiger partial charge is 0.239 e. The van der Waals surface area contributed by atoms with Crippen LogP contribution in [0.4, 0.5) is 5.69 Å². The second kappa shape index (κ2) is 5.53. The molecule has 0 N–H and O–H groups in total. The maximum absolute atomic E-state index is 13.2. The standard InChI is InChI=1S/C19H19NO2S/c21-23(22,14-15-7-2-1-3-8-15)20-18-11-5-4-9-16(18)13-17-10-6-12-19(17)20/h1-9,11-12,17,19H,10,13-14H2. The Hall–Kier alpha value is -2.07. The number of rotatable bonds is 3. The van der Waals surface area contributed by atoms with Gasteiger partial charge in [-0.2, -0.15) is 0 Å². The number of allylic oxidation sites excluding steroid dienone is 1. The Kier molecular flexibility index (Phi) is 3.49. The molecule has 1 aliphatic heterocycles. The van der Waals surface area contributed by atoms with Crippen LogP contribution >= 0.6 is 0 Å². The van der Waals surface area contributed by atoms with Gasteiger partial charge in [-0.05, 0) is 36.0 Å². The van der Waals surface area contributed by atoms with Crippen LogP contribution < -0.4 is 4.31 Å². The molecule has 3 nitrogen and oxygen atoms in total. The summed E-state index contributed by atoms with van der Waals surface area (Å²) in [6.07, 6.45) is 6.08. The highest BCUT2D eigenvalue weighted by molar-refractivity contribution is 7.92. The number of fused-ring (bicyclic) bond motifs is 2. The van der Waals surface area contributed by atoms with Crippen molar-refractivity contribution >= 4 is 15.7 Å². The largest absolute Gasteiger partial charge is 0.263 e. The molecule has 2 aromatic rings. The summed E-state index contributed by atoms with van der Waals surface area (Å²) in [4.78, 5) is 0. The molecule has 2 aromatic carbocycles. The van der Waals surface area contributed by atoms with Gasteiger partial charge in [0, 0.05) is 0 Å². The number of hydrogen-bond donors (Lipinski definition) is 0. The minimum absolute atomic E-state index is 0.0409. The molecule has 0 saturated heterocycles. The fourth-order valence-corrected chi connectivity index (χ4v) is 5.54. The molecule has 1 aliphatic carbocycles. The van der Waals surface area contributed by atoms with Crippen molar-refractivity contribution in [3.63, 3.8) is 0 Å². The summed E-state index contributed by atoms with van der Waals surface area (Å²) < 4.78 is 28.0. The summed E-state index contributed by atoms with van der Waals surface area (Å²) in [7, 11) is -3.42. The lowest BCUT2D eigenvalue weighted by Crippen LogP contribution is -2.46. The summed E-state index contributed by atoms with van der Waals surface area (Å²) >= 11 is 0. The average Bonchev–Trinajstić information content (AvgIpc) is 3.00. The van der Waals surface area contributed by atoms with Gasteiger partial charge in [0.15, 0.2) is 0 Å². The highest BCUT2D eigenvalue weighted by Crippen LogP contribution is 2.41. The van der Waals surface area contributed by atoms with Crippen LogP contribution in [0.5, 0.6) is 0 Å².